The third kappa shape index (κ3) is 9.54. The zero-order chi connectivity index (χ0) is 31.7. The van der Waals surface area contributed by atoms with Gasteiger partial charge in [-0.25, -0.2) is 9.25 Å². The summed E-state index contributed by atoms with van der Waals surface area (Å²) in [7, 11) is 0. The number of carbonyl (C=O) groups is 2. The van der Waals surface area contributed by atoms with Crippen LogP contribution in [0.3, 0.4) is 0 Å². The number of benzene rings is 3. The first-order valence-electron chi connectivity index (χ1n) is 14.4. The number of nitrogens with zero attached hydrogens (tertiary/aromatic N) is 3. The molecule has 4 aromatic rings. The molecule has 44 heavy (non-hydrogen) atoms. The number of hydrogen-bond donors (Lipinski definition) is 3. The van der Waals surface area contributed by atoms with E-state index in [9.17, 15) is 14.7 Å². The maximum atomic E-state index is 13.1. The first-order valence-corrected chi connectivity index (χ1v) is 18.8. The molecule has 0 radical (unpaired) electrons. The number of ether oxygens (including phenoxy) is 1. The SMILES string of the molecule is CC(C)(C)OC(=O)N(CCC(=O)NCCCNc1cc(CO)cc2c1cnn2PI)Cc1ccc(-c2ccccc2)c(Cl)c1. The molecule has 0 saturated carbocycles. The van der Waals surface area contributed by atoms with E-state index >= 15 is 0 Å². The minimum atomic E-state index is -0.670. The molecule has 3 N–H and O–H groups in total. The average Bonchev–Trinajstić information content (AvgIpc) is 3.41. The molecule has 1 aromatic heterocycles. The second kappa shape index (κ2) is 15.9. The minimum absolute atomic E-state index is 0.0530. The minimum Gasteiger partial charge on any atom is -0.444 e. The van der Waals surface area contributed by atoms with Crippen LogP contribution in [-0.4, -0.2) is 56.8 Å². The van der Waals surface area contributed by atoms with Gasteiger partial charge in [-0.3, -0.25) is 4.79 Å². The summed E-state index contributed by atoms with van der Waals surface area (Å²) >= 11 is 8.89. The molecule has 1 atom stereocenters. The molecule has 0 aliphatic carbocycles. The van der Waals surface area contributed by atoms with Crippen molar-refractivity contribution in [3.8, 4) is 11.1 Å². The number of nitrogens with one attached hydrogen (secondary N) is 2. The fourth-order valence-electron chi connectivity index (χ4n) is 4.64. The fraction of sp³-hybridized carbons (Fsp3) is 0.344. The van der Waals surface area contributed by atoms with E-state index in [2.05, 4.69) is 37.8 Å². The van der Waals surface area contributed by atoms with Gasteiger partial charge in [-0.15, -0.1) is 0 Å². The Bertz CT molecular complexity index is 1580. The summed E-state index contributed by atoms with van der Waals surface area (Å²) < 4.78 is 7.54. The van der Waals surface area contributed by atoms with Crippen molar-refractivity contribution in [1.82, 2.24) is 19.8 Å². The molecular weight excluding hydrogens is 712 g/mol. The number of hydrogen-bond acceptors (Lipinski definition) is 6. The summed E-state index contributed by atoms with van der Waals surface area (Å²) in [4.78, 5) is 27.3. The van der Waals surface area contributed by atoms with Crippen molar-refractivity contribution in [2.24, 2.45) is 0 Å². The fourth-order valence-corrected chi connectivity index (χ4v) is 6.49. The Morgan fingerprint density at radius 2 is 1.86 bits per heavy atom. The number of aromatic nitrogens is 2. The summed E-state index contributed by atoms with van der Waals surface area (Å²) in [5.74, 6) is -0.148. The molecule has 1 unspecified atom stereocenters. The van der Waals surface area contributed by atoms with E-state index in [1.54, 1.807) is 0 Å². The van der Waals surface area contributed by atoms with Crippen molar-refractivity contribution in [2.75, 3.05) is 25.0 Å². The molecule has 0 spiro atoms. The van der Waals surface area contributed by atoms with Crippen LogP contribution in [0.5, 0.6) is 0 Å². The molecule has 2 amide bonds. The Morgan fingerprint density at radius 3 is 2.55 bits per heavy atom. The maximum absolute atomic E-state index is 13.1. The van der Waals surface area contributed by atoms with Gasteiger partial charge in [-0.05, 0) is 84.1 Å². The monoisotopic (exact) mass is 749 g/mol. The third-order valence-electron chi connectivity index (χ3n) is 6.75. The zero-order valence-electron chi connectivity index (χ0n) is 25.1. The van der Waals surface area contributed by atoms with Gasteiger partial charge in [0.15, 0.2) is 0 Å². The van der Waals surface area contributed by atoms with E-state index in [0.29, 0.717) is 30.9 Å². The number of carbonyl (C=O) groups excluding carboxylic acids is 2. The van der Waals surface area contributed by atoms with Crippen molar-refractivity contribution in [3.05, 3.63) is 83.0 Å². The highest BCUT2D eigenvalue weighted by atomic mass is 127. The molecular formula is C32H38ClIN5O4P. The Balaban J connectivity index is 1.30. The van der Waals surface area contributed by atoms with Crippen LogP contribution in [0.2, 0.25) is 5.02 Å². The number of aliphatic hydroxyl groups is 1. The lowest BCUT2D eigenvalue weighted by Gasteiger charge is -2.27. The molecule has 234 valence electrons. The van der Waals surface area contributed by atoms with Crippen molar-refractivity contribution in [2.45, 2.75) is 52.4 Å². The van der Waals surface area contributed by atoms with Gasteiger partial charge >= 0.3 is 6.09 Å². The second-order valence-corrected chi connectivity index (χ2v) is 13.8. The van der Waals surface area contributed by atoms with E-state index in [1.165, 1.54) is 4.90 Å². The number of aliphatic hydroxyl groups excluding tert-OH is 1. The van der Waals surface area contributed by atoms with E-state index in [1.807, 2.05) is 92.1 Å². The Kier molecular flexibility index (Phi) is 12.3. The third-order valence-corrected chi connectivity index (χ3v) is 8.95. The van der Waals surface area contributed by atoms with Gasteiger partial charge in [-0.2, -0.15) is 5.10 Å². The standard InChI is InChI=1S/C32H38ClIN5O4P/c1-32(2,3)43-31(42)38(20-22-10-11-25(27(33)16-22)24-8-5-4-6-9-24)15-12-30(41)36-14-7-13-35-28-17-23(21-40)18-29-26(28)19-37-39(29)44-34/h4-6,8-11,16-19,35,40,44H,7,12-15,20-21H2,1-3H3,(H,36,41). The van der Waals surface area contributed by atoms with Crippen molar-refractivity contribution < 1.29 is 19.4 Å². The summed E-state index contributed by atoms with van der Waals surface area (Å²) in [5, 5.41) is 22.1. The van der Waals surface area contributed by atoms with Gasteiger partial charge in [-0.1, -0.05) is 54.1 Å². The number of anilines is 1. The van der Waals surface area contributed by atoms with E-state index in [0.717, 1.165) is 38.8 Å². The van der Waals surface area contributed by atoms with Crippen LogP contribution >= 0.6 is 40.0 Å². The van der Waals surface area contributed by atoms with Gasteiger partial charge in [0.05, 0.1) is 24.7 Å². The van der Waals surface area contributed by atoms with Crippen LogP contribution in [-0.2, 0) is 22.7 Å². The molecule has 12 heteroatoms. The van der Waals surface area contributed by atoms with E-state index in [4.69, 9.17) is 16.3 Å². The maximum Gasteiger partial charge on any atom is 0.410 e. The molecule has 0 aliphatic rings. The Labute approximate surface area is 278 Å². The first kappa shape index (κ1) is 34.0. The van der Waals surface area contributed by atoms with E-state index < -0.39 is 11.7 Å². The summed E-state index contributed by atoms with van der Waals surface area (Å²) in [5.41, 5.74) is 4.80. The van der Waals surface area contributed by atoms with Crippen LogP contribution in [0.25, 0.3) is 22.0 Å². The van der Waals surface area contributed by atoms with Gasteiger partial charge < -0.3 is 25.4 Å². The zero-order valence-corrected chi connectivity index (χ0v) is 29.0. The topological polar surface area (TPSA) is 109 Å². The van der Waals surface area contributed by atoms with Gasteiger partial charge in [0.2, 0.25) is 5.91 Å². The predicted molar refractivity (Wildman–Crippen MR) is 188 cm³/mol. The highest BCUT2D eigenvalue weighted by Gasteiger charge is 2.23. The lowest BCUT2D eigenvalue weighted by Crippen LogP contribution is -2.39. The van der Waals surface area contributed by atoms with Crippen molar-refractivity contribution >= 4 is 68.6 Å². The van der Waals surface area contributed by atoms with Crippen molar-refractivity contribution in [1.29, 1.82) is 0 Å². The Hall–Kier alpha value is -2.92. The highest BCUT2D eigenvalue weighted by Crippen LogP contribution is 2.33. The normalized spacial score (nSPS) is 11.7. The van der Waals surface area contributed by atoms with Gasteiger partial charge in [0.1, 0.15) is 5.60 Å². The van der Waals surface area contributed by atoms with Gasteiger partial charge in [0, 0.05) is 54.3 Å². The van der Waals surface area contributed by atoms with Gasteiger partial charge in [0.25, 0.3) is 0 Å². The molecule has 0 bridgehead atoms. The smallest absolute Gasteiger partial charge is 0.410 e. The second-order valence-electron chi connectivity index (χ2n) is 11.3. The lowest BCUT2D eigenvalue weighted by molar-refractivity contribution is -0.121. The quantitative estimate of drug-likeness (QED) is 0.0748. The Morgan fingerprint density at radius 1 is 1.09 bits per heavy atom. The highest BCUT2D eigenvalue weighted by molar-refractivity contribution is 14.2. The van der Waals surface area contributed by atoms with Crippen LogP contribution in [0, 0.1) is 0 Å². The molecule has 0 saturated heterocycles. The largest absolute Gasteiger partial charge is 0.444 e. The number of amides is 2. The molecule has 9 nitrogen and oxygen atoms in total. The predicted octanol–water partition coefficient (Wildman–Crippen LogP) is 7.39. The van der Waals surface area contributed by atoms with Crippen molar-refractivity contribution in [3.63, 3.8) is 0 Å². The molecule has 3 aromatic carbocycles. The summed E-state index contributed by atoms with van der Waals surface area (Å²) in [6.07, 6.45) is 2.63. The van der Waals surface area contributed by atoms with E-state index in [-0.39, 0.29) is 32.0 Å². The first-order chi connectivity index (χ1) is 21.1. The summed E-state index contributed by atoms with van der Waals surface area (Å²) in [6.45, 7) is 6.96. The lowest BCUT2D eigenvalue weighted by atomic mass is 10.0. The molecule has 1 heterocycles. The van der Waals surface area contributed by atoms with Crippen LogP contribution in [0.15, 0.2) is 66.9 Å². The summed E-state index contributed by atoms with van der Waals surface area (Å²) in [6, 6.07) is 19.5. The number of halogens is 2. The molecule has 0 fully saturated rings. The van der Waals surface area contributed by atoms with Crippen LogP contribution < -0.4 is 10.6 Å². The van der Waals surface area contributed by atoms with Crippen LogP contribution in [0.4, 0.5) is 10.5 Å². The number of fused-ring (bicyclic) bond motifs is 1. The average molecular weight is 750 g/mol. The van der Waals surface area contributed by atoms with Crippen LogP contribution in [0.1, 0.15) is 44.7 Å². The molecule has 4 rings (SSSR count). The number of rotatable bonds is 13. The molecule has 0 aliphatic heterocycles.